The Morgan fingerprint density at radius 1 is 0.969 bits per heavy atom. The fourth-order valence-corrected chi connectivity index (χ4v) is 4.22. The van der Waals surface area contributed by atoms with Crippen LogP contribution in [0.1, 0.15) is 21.7 Å². The molecule has 0 fully saturated rings. The molecule has 1 aromatic heterocycles. The number of aromatic nitrogens is 3. The third kappa shape index (κ3) is 5.58. The van der Waals surface area contributed by atoms with E-state index in [4.69, 9.17) is 11.6 Å². The van der Waals surface area contributed by atoms with Gasteiger partial charge in [0.15, 0.2) is 10.9 Å². The van der Waals surface area contributed by atoms with Crippen molar-refractivity contribution in [2.45, 2.75) is 18.5 Å². The molecule has 3 aromatic carbocycles. The van der Waals surface area contributed by atoms with Crippen molar-refractivity contribution in [3.63, 3.8) is 0 Å². The molecule has 0 amide bonds. The van der Waals surface area contributed by atoms with Gasteiger partial charge in [-0.1, -0.05) is 59.3 Å². The molecule has 0 aliphatic heterocycles. The summed E-state index contributed by atoms with van der Waals surface area (Å²) in [5, 5.41) is 13.6. The highest BCUT2D eigenvalue weighted by atomic mass is 35.5. The van der Waals surface area contributed by atoms with Gasteiger partial charge in [-0.2, -0.15) is 0 Å². The van der Waals surface area contributed by atoms with Crippen molar-refractivity contribution >= 4 is 34.8 Å². The van der Waals surface area contributed by atoms with Crippen molar-refractivity contribution in [3.8, 4) is 5.69 Å². The van der Waals surface area contributed by atoms with Crippen molar-refractivity contribution in [2.24, 2.45) is 0 Å². The zero-order valence-corrected chi connectivity index (χ0v) is 19.2. The second kappa shape index (κ2) is 10.5. The summed E-state index contributed by atoms with van der Waals surface area (Å²) in [6, 6.07) is 25.2. The molecular formula is C25H23ClN4OS. The Bertz CT molecular complexity index is 1180. The number of halogens is 1. The lowest BCUT2D eigenvalue weighted by Gasteiger charge is -2.11. The molecule has 5 nitrogen and oxygen atoms in total. The van der Waals surface area contributed by atoms with Gasteiger partial charge in [0.2, 0.25) is 0 Å². The monoisotopic (exact) mass is 462 g/mol. The highest BCUT2D eigenvalue weighted by Crippen LogP contribution is 2.24. The van der Waals surface area contributed by atoms with Crippen LogP contribution < -0.4 is 5.32 Å². The summed E-state index contributed by atoms with van der Waals surface area (Å²) < 4.78 is 2.02. The highest BCUT2D eigenvalue weighted by Gasteiger charge is 2.16. The summed E-state index contributed by atoms with van der Waals surface area (Å²) in [6.45, 7) is 2.80. The van der Waals surface area contributed by atoms with Crippen LogP contribution in [0.2, 0.25) is 5.02 Å². The van der Waals surface area contributed by atoms with E-state index in [1.807, 2.05) is 34.9 Å². The SMILES string of the molecule is Cc1ccc(NCCc2nnc(SCC(=O)c3ccc(Cl)cc3)n2-c2ccccc2)cc1. The second-order valence-electron chi connectivity index (χ2n) is 7.33. The molecule has 4 aromatic rings. The Morgan fingerprint density at radius 3 is 2.41 bits per heavy atom. The van der Waals surface area contributed by atoms with Gasteiger partial charge in [0.25, 0.3) is 0 Å². The Hall–Kier alpha value is -3.09. The highest BCUT2D eigenvalue weighted by molar-refractivity contribution is 7.99. The van der Waals surface area contributed by atoms with Gasteiger partial charge >= 0.3 is 0 Å². The molecule has 0 atom stereocenters. The Labute approximate surface area is 196 Å². The number of benzene rings is 3. The normalized spacial score (nSPS) is 10.8. The average Bonchev–Trinajstić information content (AvgIpc) is 3.22. The third-order valence-corrected chi connectivity index (χ3v) is 6.12. The van der Waals surface area contributed by atoms with Gasteiger partial charge in [0.05, 0.1) is 5.75 Å². The summed E-state index contributed by atoms with van der Waals surface area (Å²) in [6.07, 6.45) is 0.696. The number of para-hydroxylation sites is 1. The summed E-state index contributed by atoms with van der Waals surface area (Å²) in [5.74, 6) is 1.14. The minimum absolute atomic E-state index is 0.0249. The molecule has 162 valence electrons. The second-order valence-corrected chi connectivity index (χ2v) is 8.71. The van der Waals surface area contributed by atoms with Gasteiger partial charge in [0, 0.05) is 34.9 Å². The molecule has 7 heteroatoms. The number of nitrogens with zero attached hydrogens (tertiary/aromatic N) is 3. The van der Waals surface area contributed by atoms with E-state index < -0.39 is 0 Å². The number of anilines is 1. The predicted molar refractivity (Wildman–Crippen MR) is 131 cm³/mol. The van der Waals surface area contributed by atoms with Crippen LogP contribution in [0.3, 0.4) is 0 Å². The first-order valence-corrected chi connectivity index (χ1v) is 11.7. The molecule has 0 aliphatic carbocycles. The molecule has 0 aliphatic rings. The number of ketones is 1. The maximum Gasteiger partial charge on any atom is 0.196 e. The maximum atomic E-state index is 12.6. The van der Waals surface area contributed by atoms with E-state index in [0.717, 1.165) is 23.7 Å². The Balaban J connectivity index is 1.48. The van der Waals surface area contributed by atoms with Crippen molar-refractivity contribution in [1.29, 1.82) is 0 Å². The van der Waals surface area contributed by atoms with Gasteiger partial charge in [-0.25, -0.2) is 0 Å². The number of Topliss-reactive ketones (excluding diaryl/α,β-unsaturated/α-hetero) is 1. The van der Waals surface area contributed by atoms with Gasteiger partial charge in [-0.15, -0.1) is 10.2 Å². The van der Waals surface area contributed by atoms with Crippen LogP contribution in [0, 0.1) is 6.92 Å². The van der Waals surface area contributed by atoms with Crippen LogP contribution >= 0.6 is 23.4 Å². The lowest BCUT2D eigenvalue weighted by atomic mass is 10.1. The average molecular weight is 463 g/mol. The zero-order chi connectivity index (χ0) is 22.3. The molecular weight excluding hydrogens is 440 g/mol. The molecule has 32 heavy (non-hydrogen) atoms. The fraction of sp³-hybridized carbons (Fsp3) is 0.160. The standard InChI is InChI=1S/C25H23ClN4OS/c1-18-7-13-21(14-8-18)27-16-15-24-28-29-25(30(24)22-5-3-2-4-6-22)32-17-23(31)19-9-11-20(26)12-10-19/h2-14,27H,15-17H2,1H3. The van der Waals surface area contributed by atoms with E-state index in [2.05, 4.69) is 46.7 Å². The molecule has 0 saturated heterocycles. The number of aryl methyl sites for hydroxylation is 1. The zero-order valence-electron chi connectivity index (χ0n) is 17.7. The van der Waals surface area contributed by atoms with Crippen LogP contribution in [-0.2, 0) is 6.42 Å². The number of rotatable bonds is 9. The van der Waals surface area contributed by atoms with Crippen LogP contribution in [0.15, 0.2) is 84.0 Å². The summed E-state index contributed by atoms with van der Waals surface area (Å²) in [5.41, 5.74) is 3.91. The smallest absolute Gasteiger partial charge is 0.196 e. The lowest BCUT2D eigenvalue weighted by Crippen LogP contribution is -2.10. The molecule has 4 rings (SSSR count). The number of carbonyl (C=O) groups excluding carboxylic acids is 1. The van der Waals surface area contributed by atoms with Crippen LogP contribution in [-0.4, -0.2) is 32.8 Å². The van der Waals surface area contributed by atoms with Crippen molar-refractivity contribution in [2.75, 3.05) is 17.6 Å². The van der Waals surface area contributed by atoms with Gasteiger partial charge in [-0.05, 0) is 55.5 Å². The number of thioether (sulfide) groups is 1. The van der Waals surface area contributed by atoms with Crippen molar-refractivity contribution in [3.05, 3.63) is 101 Å². The van der Waals surface area contributed by atoms with Gasteiger partial charge < -0.3 is 5.32 Å². The molecule has 0 saturated carbocycles. The summed E-state index contributed by atoms with van der Waals surface area (Å²) >= 11 is 7.31. The van der Waals surface area contributed by atoms with Crippen LogP contribution in [0.25, 0.3) is 5.69 Å². The number of carbonyl (C=O) groups is 1. The van der Waals surface area contributed by atoms with E-state index in [1.165, 1.54) is 17.3 Å². The molecule has 0 radical (unpaired) electrons. The molecule has 0 bridgehead atoms. The minimum atomic E-state index is 0.0249. The van der Waals surface area contributed by atoms with Crippen molar-refractivity contribution in [1.82, 2.24) is 14.8 Å². The summed E-state index contributed by atoms with van der Waals surface area (Å²) in [4.78, 5) is 12.6. The van der Waals surface area contributed by atoms with Gasteiger partial charge in [0.1, 0.15) is 5.82 Å². The predicted octanol–water partition coefficient (Wildman–Crippen LogP) is 5.86. The Kier molecular flexibility index (Phi) is 7.24. The summed E-state index contributed by atoms with van der Waals surface area (Å²) in [7, 11) is 0. The lowest BCUT2D eigenvalue weighted by molar-refractivity contribution is 0.102. The van der Waals surface area contributed by atoms with E-state index in [1.54, 1.807) is 24.3 Å². The van der Waals surface area contributed by atoms with E-state index in [9.17, 15) is 4.79 Å². The quantitative estimate of drug-likeness (QED) is 0.249. The molecule has 1 heterocycles. The minimum Gasteiger partial charge on any atom is -0.385 e. The van der Waals surface area contributed by atoms with E-state index >= 15 is 0 Å². The molecule has 1 N–H and O–H groups in total. The first-order chi connectivity index (χ1) is 15.6. The van der Waals surface area contributed by atoms with Crippen LogP contribution in [0.5, 0.6) is 0 Å². The van der Waals surface area contributed by atoms with E-state index in [0.29, 0.717) is 22.2 Å². The molecule has 0 unspecified atom stereocenters. The molecule has 0 spiro atoms. The third-order valence-electron chi connectivity index (χ3n) is 4.94. The van der Waals surface area contributed by atoms with Crippen LogP contribution in [0.4, 0.5) is 5.69 Å². The Morgan fingerprint density at radius 2 is 1.69 bits per heavy atom. The number of hydrogen-bond acceptors (Lipinski definition) is 5. The first-order valence-electron chi connectivity index (χ1n) is 10.3. The topological polar surface area (TPSA) is 59.8 Å². The van der Waals surface area contributed by atoms with Gasteiger partial charge in [-0.3, -0.25) is 9.36 Å². The first kappa shape index (κ1) is 22.1. The fourth-order valence-electron chi connectivity index (χ4n) is 3.23. The largest absolute Gasteiger partial charge is 0.385 e. The van der Waals surface area contributed by atoms with Crippen molar-refractivity contribution < 1.29 is 4.79 Å². The van der Waals surface area contributed by atoms with E-state index in [-0.39, 0.29) is 11.5 Å². The maximum absolute atomic E-state index is 12.6. The number of hydrogen-bond donors (Lipinski definition) is 1. The number of nitrogens with one attached hydrogen (secondary N) is 1.